The summed E-state index contributed by atoms with van der Waals surface area (Å²) in [6.45, 7) is 0.597. The number of halogens is 1. The molecule has 2 amide bonds. The average molecular weight is 572 g/mol. The van der Waals surface area contributed by atoms with Gasteiger partial charge in [-0.05, 0) is 43.7 Å². The Kier molecular flexibility index (Phi) is 8.64. The number of anilines is 2. The van der Waals surface area contributed by atoms with Gasteiger partial charge in [-0.3, -0.25) is 19.6 Å². The number of carbonyl (C=O) groups excluding carboxylic acids is 2. The molecule has 40 heavy (non-hydrogen) atoms. The lowest BCUT2D eigenvalue weighted by Crippen LogP contribution is -2.35. The molecule has 2 atom stereocenters. The van der Waals surface area contributed by atoms with Crippen LogP contribution in [0.3, 0.4) is 0 Å². The molecule has 11 nitrogen and oxygen atoms in total. The third-order valence-electron chi connectivity index (χ3n) is 6.79. The molecule has 1 fully saturated rings. The number of cyclic esters (lactones) is 1. The third kappa shape index (κ3) is 6.28. The number of benzene rings is 1. The highest BCUT2D eigenvalue weighted by atomic mass is 32.2. The highest BCUT2D eigenvalue weighted by molar-refractivity contribution is 8.00. The van der Waals surface area contributed by atoms with Gasteiger partial charge in [-0.1, -0.05) is 0 Å². The van der Waals surface area contributed by atoms with Crippen LogP contribution in [0.2, 0.25) is 0 Å². The van der Waals surface area contributed by atoms with Crippen molar-refractivity contribution in [2.75, 3.05) is 49.3 Å². The number of rotatable bonds is 11. The number of hydrogen-bond acceptors (Lipinski definition) is 10. The van der Waals surface area contributed by atoms with Crippen LogP contribution in [0, 0.1) is 5.82 Å². The number of thioether (sulfide) groups is 1. The van der Waals surface area contributed by atoms with E-state index in [1.807, 2.05) is 17.0 Å². The van der Waals surface area contributed by atoms with Crippen LogP contribution in [-0.4, -0.2) is 88.4 Å². The maximum Gasteiger partial charge on any atom is 0.414 e. The molecule has 3 aromatic rings. The summed E-state index contributed by atoms with van der Waals surface area (Å²) in [7, 11) is 1.48. The molecule has 1 saturated heterocycles. The van der Waals surface area contributed by atoms with E-state index in [-0.39, 0.29) is 25.1 Å². The molecule has 2 aliphatic rings. The summed E-state index contributed by atoms with van der Waals surface area (Å²) in [4.78, 5) is 37.2. The van der Waals surface area contributed by atoms with Crippen molar-refractivity contribution < 1.29 is 33.7 Å². The van der Waals surface area contributed by atoms with Crippen LogP contribution in [0.25, 0.3) is 11.0 Å². The van der Waals surface area contributed by atoms with E-state index in [1.165, 1.54) is 18.9 Å². The molecule has 2 aromatic heterocycles. The molecule has 0 saturated carbocycles. The minimum absolute atomic E-state index is 0.0815. The summed E-state index contributed by atoms with van der Waals surface area (Å²) in [5.41, 5.74) is 2.51. The zero-order valence-corrected chi connectivity index (χ0v) is 22.7. The number of aliphatic hydroxyl groups excluding tert-OH is 2. The number of hydrogen-bond donors (Lipinski definition) is 3. The summed E-state index contributed by atoms with van der Waals surface area (Å²) in [6.07, 6.45) is 0.434. The van der Waals surface area contributed by atoms with E-state index in [4.69, 9.17) is 9.47 Å². The second-order valence-corrected chi connectivity index (χ2v) is 10.7. The topological polar surface area (TPSA) is 137 Å². The minimum atomic E-state index is -1.01. The Morgan fingerprint density at radius 1 is 1.32 bits per heavy atom. The lowest BCUT2D eigenvalue weighted by molar-refractivity contribution is -0.113. The molecule has 13 heteroatoms. The summed E-state index contributed by atoms with van der Waals surface area (Å²) < 4.78 is 25.7. The second kappa shape index (κ2) is 12.3. The van der Waals surface area contributed by atoms with Crippen molar-refractivity contribution in [1.82, 2.24) is 14.9 Å². The summed E-state index contributed by atoms with van der Waals surface area (Å²) in [5.74, 6) is 0.0795. The Balaban J connectivity index is 1.24. The fraction of sp³-hybridized carbons (Fsp3) is 0.407. The van der Waals surface area contributed by atoms with Crippen molar-refractivity contribution in [2.45, 2.75) is 36.5 Å². The van der Waals surface area contributed by atoms with Crippen LogP contribution in [0.5, 0.6) is 5.88 Å². The molecular weight excluding hydrogens is 541 g/mol. The smallest absolute Gasteiger partial charge is 0.414 e. The molecule has 3 N–H and O–H groups in total. The van der Waals surface area contributed by atoms with Crippen LogP contribution in [-0.2, 0) is 16.1 Å². The summed E-state index contributed by atoms with van der Waals surface area (Å²) in [6, 6.07) is 8.84. The Bertz CT molecular complexity index is 1410. The van der Waals surface area contributed by atoms with Crippen molar-refractivity contribution in [1.29, 1.82) is 0 Å². The highest BCUT2D eigenvalue weighted by Crippen LogP contribution is 2.35. The maximum atomic E-state index is 14.9. The molecule has 5 rings (SSSR count). The lowest BCUT2D eigenvalue weighted by Gasteiger charge is -2.25. The van der Waals surface area contributed by atoms with E-state index in [2.05, 4.69) is 15.3 Å². The number of pyridine rings is 2. The van der Waals surface area contributed by atoms with Gasteiger partial charge in [0, 0.05) is 35.3 Å². The fourth-order valence-electron chi connectivity index (χ4n) is 4.82. The van der Waals surface area contributed by atoms with Gasteiger partial charge in [-0.15, -0.1) is 11.8 Å². The van der Waals surface area contributed by atoms with Gasteiger partial charge < -0.3 is 25.0 Å². The molecule has 1 aromatic carbocycles. The molecule has 0 radical (unpaired) electrons. The van der Waals surface area contributed by atoms with Crippen molar-refractivity contribution in [3.05, 3.63) is 47.9 Å². The zero-order valence-electron chi connectivity index (χ0n) is 21.9. The van der Waals surface area contributed by atoms with Gasteiger partial charge in [0.05, 0.1) is 49.5 Å². The summed E-state index contributed by atoms with van der Waals surface area (Å²) >= 11 is 1.45. The van der Waals surface area contributed by atoms with Gasteiger partial charge in [0.1, 0.15) is 17.4 Å². The third-order valence-corrected chi connectivity index (χ3v) is 7.87. The van der Waals surface area contributed by atoms with E-state index in [9.17, 15) is 24.2 Å². The molecule has 0 aliphatic carbocycles. The number of nitrogens with zero attached hydrogens (tertiary/aromatic N) is 4. The predicted molar refractivity (Wildman–Crippen MR) is 147 cm³/mol. The molecule has 4 heterocycles. The number of aromatic nitrogens is 2. The van der Waals surface area contributed by atoms with Gasteiger partial charge in [0.25, 0.3) is 0 Å². The maximum absolute atomic E-state index is 14.9. The zero-order chi connectivity index (χ0) is 28.2. The standard InChI is InChI=1S/C27H30FN5O6S/c1-38-25-7-5-21-26(31-25)19(20(28)10-29-21)13-32(11-17(35)14-34)8-2-3-18-12-33(27(37)39-18)16-4-6-23-22(9-16)30-24(36)15-40-23/h4-7,9-10,17-18,34-35H,2-3,8,11-15H2,1H3,(H,30,36)/t17-,18-/m1/s1. The van der Waals surface area contributed by atoms with E-state index in [0.717, 1.165) is 11.1 Å². The fourth-order valence-corrected chi connectivity index (χ4v) is 5.61. The van der Waals surface area contributed by atoms with E-state index < -0.39 is 24.6 Å². The van der Waals surface area contributed by atoms with Gasteiger partial charge in [0.15, 0.2) is 0 Å². The molecular formula is C27H30FN5O6S. The van der Waals surface area contributed by atoms with Crippen molar-refractivity contribution in [3.8, 4) is 5.88 Å². The molecule has 0 unspecified atom stereocenters. The highest BCUT2D eigenvalue weighted by Gasteiger charge is 2.33. The second-order valence-electron chi connectivity index (χ2n) is 9.65. The first-order chi connectivity index (χ1) is 19.3. The predicted octanol–water partition coefficient (Wildman–Crippen LogP) is 2.78. The Hall–Kier alpha value is -3.52. The SMILES string of the molecule is COc1ccc2ncc(F)c(CN(CCC[C@@H]3CN(c4ccc5c(c4)NC(=O)CS5)C(=O)O3)C[C@@H](O)CO)c2n1. The van der Waals surface area contributed by atoms with Gasteiger partial charge >= 0.3 is 6.09 Å². The number of carbonyl (C=O) groups is 2. The molecule has 2 aliphatic heterocycles. The van der Waals surface area contributed by atoms with Gasteiger partial charge in [-0.25, -0.2) is 14.2 Å². The first-order valence-corrected chi connectivity index (χ1v) is 13.9. The molecule has 0 spiro atoms. The number of methoxy groups -OCH3 is 1. The van der Waals surface area contributed by atoms with Crippen molar-refractivity contribution in [2.24, 2.45) is 0 Å². The monoisotopic (exact) mass is 571 g/mol. The number of amides is 2. The van der Waals surface area contributed by atoms with Crippen molar-refractivity contribution >= 4 is 46.2 Å². The Morgan fingerprint density at radius 3 is 2.98 bits per heavy atom. The quantitative estimate of drug-likeness (QED) is 0.315. The van der Waals surface area contributed by atoms with Crippen LogP contribution in [0.15, 0.2) is 41.4 Å². The van der Waals surface area contributed by atoms with E-state index >= 15 is 0 Å². The minimum Gasteiger partial charge on any atom is -0.481 e. The van der Waals surface area contributed by atoms with Crippen LogP contribution < -0.4 is 15.0 Å². The first-order valence-electron chi connectivity index (χ1n) is 12.9. The average Bonchev–Trinajstić information content (AvgIpc) is 3.33. The lowest BCUT2D eigenvalue weighted by atomic mass is 10.1. The van der Waals surface area contributed by atoms with E-state index in [1.54, 1.807) is 23.1 Å². The van der Waals surface area contributed by atoms with Gasteiger partial charge in [-0.2, -0.15) is 0 Å². The normalized spacial score (nSPS) is 17.6. The van der Waals surface area contributed by atoms with Crippen LogP contribution >= 0.6 is 11.8 Å². The van der Waals surface area contributed by atoms with Crippen LogP contribution in [0.4, 0.5) is 20.6 Å². The number of nitrogens with one attached hydrogen (secondary N) is 1. The van der Waals surface area contributed by atoms with Crippen molar-refractivity contribution in [3.63, 3.8) is 0 Å². The summed E-state index contributed by atoms with van der Waals surface area (Å²) in [5, 5.41) is 22.4. The number of fused-ring (bicyclic) bond motifs is 2. The number of ether oxygens (including phenoxy) is 2. The molecule has 212 valence electrons. The molecule has 0 bridgehead atoms. The first kappa shape index (κ1) is 28.0. The largest absolute Gasteiger partial charge is 0.481 e. The number of aliphatic hydroxyl groups is 2. The van der Waals surface area contributed by atoms with Crippen LogP contribution in [0.1, 0.15) is 18.4 Å². The van der Waals surface area contributed by atoms with Gasteiger partial charge in [0.2, 0.25) is 11.8 Å². The Labute approximate surface area is 234 Å². The Morgan fingerprint density at radius 2 is 2.17 bits per heavy atom. The van der Waals surface area contributed by atoms with E-state index in [0.29, 0.717) is 65.5 Å².